The molecule has 0 aromatic heterocycles. The van der Waals surface area contributed by atoms with Crippen LogP contribution in [0.25, 0.3) is 0 Å². The number of ether oxygens (including phenoxy) is 2. The van der Waals surface area contributed by atoms with Crippen molar-refractivity contribution < 1.29 is 23.8 Å². The Bertz CT molecular complexity index is 965. The van der Waals surface area contributed by atoms with Gasteiger partial charge in [0.2, 0.25) is 12.6 Å². The standard InChI is InChI=1S/C23H31NO5Si/c1-21(2,3)30(4,5)29-10-7-15-11-18-19(28-14-27-18)12-16(15)23-20(26)17(25)13-22(23)8-6-9-24(22)23/h11-13,25H,6-10,14H2,1-5H3/t22-,23-,24?/m1/s1. The van der Waals surface area contributed by atoms with E-state index >= 15 is 0 Å². The molecule has 0 saturated carbocycles. The maximum atomic E-state index is 13.2. The van der Waals surface area contributed by atoms with Gasteiger partial charge in [0.15, 0.2) is 25.6 Å². The first kappa shape index (κ1) is 20.1. The number of Topliss-reactive ketones (excluding diaryl/α,β-unsaturated/α-hetero) is 1. The molecule has 30 heavy (non-hydrogen) atoms. The second-order valence-corrected chi connectivity index (χ2v) is 15.3. The van der Waals surface area contributed by atoms with Crippen LogP contribution in [-0.4, -0.2) is 49.6 Å². The summed E-state index contributed by atoms with van der Waals surface area (Å²) in [7, 11) is -1.87. The molecule has 4 aliphatic rings. The van der Waals surface area contributed by atoms with Gasteiger partial charge < -0.3 is 19.0 Å². The number of fused-ring (bicyclic) bond motifs is 2. The first-order valence-corrected chi connectivity index (χ1v) is 13.8. The molecule has 1 N–H and O–H groups in total. The summed E-state index contributed by atoms with van der Waals surface area (Å²) in [5.74, 6) is 1.10. The molecule has 3 atom stereocenters. The number of piperidine rings is 1. The maximum Gasteiger partial charge on any atom is 0.231 e. The van der Waals surface area contributed by atoms with Crippen molar-refractivity contribution in [2.75, 3.05) is 19.9 Å². The summed E-state index contributed by atoms with van der Waals surface area (Å²) in [6, 6.07) is 3.97. The van der Waals surface area contributed by atoms with Crippen LogP contribution in [0.2, 0.25) is 18.1 Å². The number of aliphatic hydroxyl groups excluding tert-OH is 1. The van der Waals surface area contributed by atoms with Crippen molar-refractivity contribution in [3.63, 3.8) is 0 Å². The molecule has 2 saturated heterocycles. The number of hydrogen-bond acceptors (Lipinski definition) is 6. The topological polar surface area (TPSA) is 68.0 Å². The molecule has 1 unspecified atom stereocenters. The number of carbonyl (C=O) groups is 1. The van der Waals surface area contributed by atoms with E-state index in [9.17, 15) is 9.90 Å². The van der Waals surface area contributed by atoms with Crippen LogP contribution in [0.5, 0.6) is 11.5 Å². The second kappa shape index (κ2) is 6.11. The molecule has 1 spiro atoms. The van der Waals surface area contributed by atoms with Gasteiger partial charge in [0.1, 0.15) is 5.54 Å². The molecular formula is C23H31NO5Si. The molecule has 3 heterocycles. The lowest BCUT2D eigenvalue weighted by molar-refractivity contribution is -0.121. The lowest BCUT2D eigenvalue weighted by Gasteiger charge is -2.36. The molecule has 0 bridgehead atoms. The fourth-order valence-electron chi connectivity index (χ4n) is 5.39. The molecule has 1 aliphatic carbocycles. The number of benzene rings is 1. The Labute approximate surface area is 178 Å². The SMILES string of the molecule is CC(C)(C)[Si](C)(C)OCCc1cc2c(cc1[C@@]13C(=O)C(O)=C[C@]14CCCN43)OCO2. The minimum atomic E-state index is -1.87. The zero-order valence-electron chi connectivity index (χ0n) is 18.5. The molecule has 0 amide bonds. The summed E-state index contributed by atoms with van der Waals surface area (Å²) in [5.41, 5.74) is 0.818. The monoisotopic (exact) mass is 429 g/mol. The van der Waals surface area contributed by atoms with Crippen molar-refractivity contribution in [3.8, 4) is 11.5 Å². The van der Waals surface area contributed by atoms with Crippen LogP contribution in [0.1, 0.15) is 44.7 Å². The van der Waals surface area contributed by atoms with E-state index in [-0.39, 0.29) is 28.9 Å². The van der Waals surface area contributed by atoms with E-state index < -0.39 is 13.9 Å². The molecule has 3 aliphatic heterocycles. The van der Waals surface area contributed by atoms with Gasteiger partial charge in [-0.05, 0) is 66.7 Å². The van der Waals surface area contributed by atoms with Gasteiger partial charge in [-0.2, -0.15) is 0 Å². The van der Waals surface area contributed by atoms with Crippen molar-refractivity contribution in [1.82, 2.24) is 4.90 Å². The highest BCUT2D eigenvalue weighted by Gasteiger charge is 2.83. The highest BCUT2D eigenvalue weighted by molar-refractivity contribution is 6.74. The quantitative estimate of drug-likeness (QED) is 0.563. The molecule has 5 rings (SSSR count). The van der Waals surface area contributed by atoms with Crippen LogP contribution in [0, 0.1) is 0 Å². The molecule has 7 heteroatoms. The van der Waals surface area contributed by atoms with E-state index in [0.29, 0.717) is 18.8 Å². The summed E-state index contributed by atoms with van der Waals surface area (Å²) >= 11 is 0. The van der Waals surface area contributed by atoms with Crippen LogP contribution in [-0.2, 0) is 21.2 Å². The molecule has 1 aromatic rings. The Morgan fingerprint density at radius 3 is 2.63 bits per heavy atom. The third-order valence-electron chi connectivity index (χ3n) is 7.97. The van der Waals surface area contributed by atoms with Crippen molar-refractivity contribution >= 4 is 14.1 Å². The Morgan fingerprint density at radius 1 is 1.23 bits per heavy atom. The van der Waals surface area contributed by atoms with Crippen molar-refractivity contribution in [1.29, 1.82) is 0 Å². The third-order valence-corrected chi connectivity index (χ3v) is 12.5. The minimum absolute atomic E-state index is 0.103. The first-order chi connectivity index (χ1) is 14.0. The Balaban J connectivity index is 1.50. The normalized spacial score (nSPS) is 31.6. The number of carbonyl (C=O) groups excluding carboxylic acids is 1. The van der Waals surface area contributed by atoms with Crippen molar-refractivity contribution in [3.05, 3.63) is 35.1 Å². The van der Waals surface area contributed by atoms with Gasteiger partial charge >= 0.3 is 0 Å². The predicted molar refractivity (Wildman–Crippen MR) is 115 cm³/mol. The van der Waals surface area contributed by atoms with E-state index in [4.69, 9.17) is 13.9 Å². The zero-order chi connectivity index (χ0) is 21.5. The van der Waals surface area contributed by atoms with Crippen LogP contribution in [0.3, 0.4) is 0 Å². The van der Waals surface area contributed by atoms with E-state index in [2.05, 4.69) is 38.8 Å². The zero-order valence-corrected chi connectivity index (χ0v) is 19.5. The summed E-state index contributed by atoms with van der Waals surface area (Å²) in [6.07, 6.45) is 4.39. The summed E-state index contributed by atoms with van der Waals surface area (Å²) in [5, 5.41) is 10.5. The van der Waals surface area contributed by atoms with Gasteiger partial charge in [-0.25, -0.2) is 0 Å². The lowest BCUT2D eigenvalue weighted by Crippen LogP contribution is -2.41. The second-order valence-electron chi connectivity index (χ2n) is 10.5. The smallest absolute Gasteiger partial charge is 0.231 e. The number of nitrogens with zero attached hydrogens (tertiary/aromatic N) is 1. The summed E-state index contributed by atoms with van der Waals surface area (Å²) in [4.78, 5) is 15.5. The van der Waals surface area contributed by atoms with Gasteiger partial charge in [-0.1, -0.05) is 20.8 Å². The molecule has 162 valence electrons. The first-order valence-electron chi connectivity index (χ1n) is 10.9. The maximum absolute atomic E-state index is 13.2. The van der Waals surface area contributed by atoms with Crippen molar-refractivity contribution in [2.45, 2.75) is 69.2 Å². The van der Waals surface area contributed by atoms with Gasteiger partial charge in [-0.15, -0.1) is 0 Å². The van der Waals surface area contributed by atoms with E-state index in [0.717, 1.165) is 36.3 Å². The fourth-order valence-corrected chi connectivity index (χ4v) is 6.43. The van der Waals surface area contributed by atoms with Crippen LogP contribution in [0.4, 0.5) is 0 Å². The largest absolute Gasteiger partial charge is 0.504 e. The van der Waals surface area contributed by atoms with Gasteiger partial charge in [-0.3, -0.25) is 9.69 Å². The predicted octanol–water partition coefficient (Wildman–Crippen LogP) is 4.05. The molecule has 6 nitrogen and oxygen atoms in total. The average molecular weight is 430 g/mol. The number of aliphatic hydroxyl groups is 1. The van der Waals surface area contributed by atoms with Crippen LogP contribution >= 0.6 is 0 Å². The Kier molecular flexibility index (Phi) is 4.09. The third kappa shape index (κ3) is 2.40. The number of ketones is 1. The van der Waals surface area contributed by atoms with Crippen LogP contribution < -0.4 is 9.47 Å². The molecular weight excluding hydrogens is 398 g/mol. The molecule has 2 fully saturated rings. The van der Waals surface area contributed by atoms with Gasteiger partial charge in [0.25, 0.3) is 0 Å². The minimum Gasteiger partial charge on any atom is -0.504 e. The summed E-state index contributed by atoms with van der Waals surface area (Å²) < 4.78 is 17.7. The molecule has 0 radical (unpaired) electrons. The van der Waals surface area contributed by atoms with E-state index in [1.165, 1.54) is 0 Å². The fraction of sp³-hybridized carbons (Fsp3) is 0.609. The highest BCUT2D eigenvalue weighted by Crippen LogP contribution is 2.70. The summed E-state index contributed by atoms with van der Waals surface area (Å²) in [6.45, 7) is 12.9. The number of rotatable bonds is 5. The van der Waals surface area contributed by atoms with Gasteiger partial charge in [0.05, 0.1) is 5.54 Å². The average Bonchev–Trinajstić information content (AvgIpc) is 3.09. The number of hydrogen-bond donors (Lipinski definition) is 1. The lowest BCUT2D eigenvalue weighted by atomic mass is 9.81. The van der Waals surface area contributed by atoms with Crippen molar-refractivity contribution in [2.24, 2.45) is 0 Å². The Morgan fingerprint density at radius 2 is 1.93 bits per heavy atom. The van der Waals surface area contributed by atoms with Crippen LogP contribution in [0.15, 0.2) is 24.0 Å². The van der Waals surface area contributed by atoms with Gasteiger partial charge in [0, 0.05) is 13.2 Å². The highest BCUT2D eigenvalue weighted by atomic mass is 28.4. The van der Waals surface area contributed by atoms with E-state index in [1.807, 2.05) is 12.1 Å². The Hall–Kier alpha value is -1.83. The van der Waals surface area contributed by atoms with E-state index in [1.54, 1.807) is 6.08 Å². The molecule has 1 aromatic carbocycles.